The summed E-state index contributed by atoms with van der Waals surface area (Å²) in [5, 5.41) is 15.0. The van der Waals surface area contributed by atoms with Gasteiger partial charge in [-0.25, -0.2) is 9.78 Å². The average molecular weight is 433 g/mol. The second-order valence-corrected chi connectivity index (χ2v) is 8.04. The number of rotatable bonds is 8. The fraction of sp³-hybridized carbons (Fsp3) is 0.333. The van der Waals surface area contributed by atoms with Crippen molar-refractivity contribution in [3.05, 3.63) is 40.9 Å². The lowest BCUT2D eigenvalue weighted by molar-refractivity contribution is -0.115. The molecule has 1 N–H and O–H groups in total. The first-order valence-electron chi connectivity index (χ1n) is 8.99. The van der Waals surface area contributed by atoms with Crippen LogP contribution in [0, 0.1) is 6.92 Å². The van der Waals surface area contributed by atoms with Gasteiger partial charge in [0.2, 0.25) is 11.1 Å². The SMILES string of the molecule is CCOC(=O)c1sc(NC(=O)C(CC)Sc2nnnn2-c2ccccc2)nc1C. The van der Waals surface area contributed by atoms with Crippen LogP contribution in [0.25, 0.3) is 5.69 Å². The normalized spacial score (nSPS) is 11.8. The Balaban J connectivity index is 1.72. The second kappa shape index (κ2) is 9.61. The van der Waals surface area contributed by atoms with Crippen LogP contribution in [0.5, 0.6) is 0 Å². The Hall–Kier alpha value is -2.79. The molecule has 11 heteroatoms. The summed E-state index contributed by atoms with van der Waals surface area (Å²) in [6, 6.07) is 9.46. The van der Waals surface area contributed by atoms with Crippen LogP contribution in [-0.4, -0.2) is 48.9 Å². The van der Waals surface area contributed by atoms with Gasteiger partial charge in [-0.3, -0.25) is 4.79 Å². The fourth-order valence-corrected chi connectivity index (χ4v) is 4.23. The number of hydrogen-bond donors (Lipinski definition) is 1. The number of aryl methyl sites for hydroxylation is 1. The monoisotopic (exact) mass is 432 g/mol. The summed E-state index contributed by atoms with van der Waals surface area (Å²) < 4.78 is 6.60. The van der Waals surface area contributed by atoms with E-state index in [4.69, 9.17) is 4.74 Å². The van der Waals surface area contributed by atoms with Gasteiger partial charge in [0, 0.05) is 0 Å². The summed E-state index contributed by atoms with van der Waals surface area (Å²) in [6.45, 7) is 5.63. The fourth-order valence-electron chi connectivity index (χ4n) is 2.45. The lowest BCUT2D eigenvalue weighted by atomic mass is 10.3. The molecule has 0 aliphatic carbocycles. The highest BCUT2D eigenvalue weighted by atomic mass is 32.2. The van der Waals surface area contributed by atoms with Crippen molar-refractivity contribution in [2.24, 2.45) is 0 Å². The maximum atomic E-state index is 12.8. The first-order chi connectivity index (χ1) is 14.0. The number of anilines is 1. The zero-order valence-corrected chi connectivity index (χ0v) is 17.8. The number of carbonyl (C=O) groups excluding carboxylic acids is 2. The molecule has 0 spiro atoms. The van der Waals surface area contributed by atoms with Crippen LogP contribution in [0.3, 0.4) is 0 Å². The third kappa shape index (κ3) is 4.98. The minimum atomic E-state index is -0.438. The Morgan fingerprint density at radius 1 is 1.28 bits per heavy atom. The predicted octanol–water partition coefficient (Wildman–Crippen LogP) is 3.11. The first kappa shape index (κ1) is 20.9. The summed E-state index contributed by atoms with van der Waals surface area (Å²) >= 11 is 2.37. The standard InChI is InChI=1S/C18H20N6O3S2/c1-4-13(28-18-21-22-23-24(18)12-9-7-6-8-10-12)15(25)20-17-19-11(3)14(29-17)16(26)27-5-2/h6-10,13H,4-5H2,1-3H3,(H,19,20,25). The summed E-state index contributed by atoms with van der Waals surface area (Å²) in [5.74, 6) is -0.671. The summed E-state index contributed by atoms with van der Waals surface area (Å²) in [7, 11) is 0. The number of para-hydroxylation sites is 1. The van der Waals surface area contributed by atoms with Crippen molar-refractivity contribution < 1.29 is 14.3 Å². The lowest BCUT2D eigenvalue weighted by Crippen LogP contribution is -2.25. The number of ether oxygens (including phenoxy) is 1. The molecular formula is C18H20N6O3S2. The highest BCUT2D eigenvalue weighted by molar-refractivity contribution is 8.00. The molecule has 152 valence electrons. The number of aromatic nitrogens is 5. The van der Waals surface area contributed by atoms with E-state index in [-0.39, 0.29) is 12.5 Å². The zero-order valence-electron chi connectivity index (χ0n) is 16.2. The highest BCUT2D eigenvalue weighted by Gasteiger charge is 2.24. The van der Waals surface area contributed by atoms with E-state index in [1.54, 1.807) is 18.5 Å². The molecule has 0 radical (unpaired) electrons. The maximum absolute atomic E-state index is 12.8. The Bertz CT molecular complexity index is 989. The minimum absolute atomic E-state index is 0.232. The number of nitrogens with one attached hydrogen (secondary N) is 1. The number of thioether (sulfide) groups is 1. The number of esters is 1. The maximum Gasteiger partial charge on any atom is 0.350 e. The van der Waals surface area contributed by atoms with Crippen LogP contribution in [0.15, 0.2) is 35.5 Å². The molecule has 9 nitrogen and oxygen atoms in total. The molecule has 1 unspecified atom stereocenters. The van der Waals surface area contributed by atoms with Crippen molar-refractivity contribution in [3.63, 3.8) is 0 Å². The first-order valence-corrected chi connectivity index (χ1v) is 10.7. The molecule has 0 fully saturated rings. The van der Waals surface area contributed by atoms with Crippen LogP contribution in [-0.2, 0) is 9.53 Å². The third-order valence-electron chi connectivity index (χ3n) is 3.84. The number of amides is 1. The van der Waals surface area contributed by atoms with Crippen LogP contribution >= 0.6 is 23.1 Å². The predicted molar refractivity (Wildman–Crippen MR) is 111 cm³/mol. The molecule has 0 aliphatic heterocycles. The largest absolute Gasteiger partial charge is 0.462 e. The molecule has 0 saturated heterocycles. The number of carbonyl (C=O) groups is 2. The number of tetrazole rings is 1. The quantitative estimate of drug-likeness (QED) is 0.427. The lowest BCUT2D eigenvalue weighted by Gasteiger charge is -2.13. The Morgan fingerprint density at radius 3 is 2.72 bits per heavy atom. The molecule has 2 heterocycles. The van der Waals surface area contributed by atoms with E-state index in [9.17, 15) is 9.59 Å². The van der Waals surface area contributed by atoms with E-state index in [0.29, 0.717) is 27.3 Å². The third-order valence-corrected chi connectivity index (χ3v) is 6.19. The summed E-state index contributed by atoms with van der Waals surface area (Å²) in [6.07, 6.45) is 0.563. The summed E-state index contributed by atoms with van der Waals surface area (Å²) in [5.41, 5.74) is 1.34. The van der Waals surface area contributed by atoms with Crippen molar-refractivity contribution in [1.82, 2.24) is 25.2 Å². The topological polar surface area (TPSA) is 112 Å². The van der Waals surface area contributed by atoms with E-state index in [1.165, 1.54) is 11.8 Å². The Morgan fingerprint density at radius 2 is 2.03 bits per heavy atom. The van der Waals surface area contributed by atoms with E-state index in [1.807, 2.05) is 37.3 Å². The van der Waals surface area contributed by atoms with Crippen LogP contribution in [0.2, 0.25) is 0 Å². The smallest absolute Gasteiger partial charge is 0.350 e. The van der Waals surface area contributed by atoms with Gasteiger partial charge in [0.25, 0.3) is 0 Å². The molecule has 29 heavy (non-hydrogen) atoms. The zero-order chi connectivity index (χ0) is 20.8. The van der Waals surface area contributed by atoms with Gasteiger partial charge in [-0.15, -0.1) is 5.10 Å². The van der Waals surface area contributed by atoms with Gasteiger partial charge < -0.3 is 10.1 Å². The van der Waals surface area contributed by atoms with Gasteiger partial charge in [0.15, 0.2) is 5.13 Å². The van der Waals surface area contributed by atoms with Gasteiger partial charge in [0.05, 0.1) is 23.2 Å². The number of benzene rings is 1. The summed E-state index contributed by atoms with van der Waals surface area (Å²) in [4.78, 5) is 29.4. The van der Waals surface area contributed by atoms with Gasteiger partial charge in [0.1, 0.15) is 4.88 Å². The molecule has 1 amide bonds. The number of nitrogens with zero attached hydrogens (tertiary/aromatic N) is 5. The average Bonchev–Trinajstić information content (AvgIpc) is 3.33. The van der Waals surface area contributed by atoms with Crippen molar-refractivity contribution in [1.29, 1.82) is 0 Å². The van der Waals surface area contributed by atoms with Crippen molar-refractivity contribution >= 4 is 40.1 Å². The van der Waals surface area contributed by atoms with Crippen molar-refractivity contribution in [2.45, 2.75) is 37.6 Å². The molecular weight excluding hydrogens is 412 g/mol. The van der Waals surface area contributed by atoms with E-state index in [0.717, 1.165) is 17.0 Å². The van der Waals surface area contributed by atoms with Gasteiger partial charge >= 0.3 is 5.97 Å². The Labute approximate surface area is 175 Å². The molecule has 3 aromatic rings. The van der Waals surface area contributed by atoms with Crippen molar-refractivity contribution in [3.8, 4) is 5.69 Å². The molecule has 3 rings (SSSR count). The van der Waals surface area contributed by atoms with E-state index >= 15 is 0 Å². The minimum Gasteiger partial charge on any atom is -0.462 e. The highest BCUT2D eigenvalue weighted by Crippen LogP contribution is 2.28. The second-order valence-electron chi connectivity index (χ2n) is 5.87. The molecule has 2 aromatic heterocycles. The molecule has 0 aliphatic rings. The van der Waals surface area contributed by atoms with Gasteiger partial charge in [-0.05, 0) is 42.8 Å². The molecule has 1 aromatic carbocycles. The molecule has 0 bridgehead atoms. The Kier molecular flexibility index (Phi) is 6.94. The van der Waals surface area contributed by atoms with Gasteiger partial charge in [-0.1, -0.05) is 48.2 Å². The van der Waals surface area contributed by atoms with Gasteiger partial charge in [-0.2, -0.15) is 4.68 Å². The van der Waals surface area contributed by atoms with E-state index < -0.39 is 11.2 Å². The van der Waals surface area contributed by atoms with E-state index in [2.05, 4.69) is 25.8 Å². The van der Waals surface area contributed by atoms with Crippen LogP contribution < -0.4 is 5.32 Å². The molecule has 0 saturated carbocycles. The van der Waals surface area contributed by atoms with Crippen LogP contribution in [0.1, 0.15) is 35.6 Å². The number of thiazole rings is 1. The molecule has 1 atom stereocenters. The number of hydrogen-bond acceptors (Lipinski definition) is 9. The van der Waals surface area contributed by atoms with Crippen molar-refractivity contribution in [2.75, 3.05) is 11.9 Å². The van der Waals surface area contributed by atoms with Crippen LogP contribution in [0.4, 0.5) is 5.13 Å².